The molecule has 0 aliphatic rings. The zero-order valence-electron chi connectivity index (χ0n) is 4.84. The van der Waals surface area contributed by atoms with Crippen molar-refractivity contribution < 1.29 is 4.79 Å². The van der Waals surface area contributed by atoms with Crippen LogP contribution in [0.25, 0.3) is 0 Å². The lowest BCUT2D eigenvalue weighted by Gasteiger charge is -2.01. The molecule has 2 heteroatoms. The van der Waals surface area contributed by atoms with Gasteiger partial charge in [-0.3, -0.25) is 0 Å². The molecule has 1 unspecified atom stereocenters. The summed E-state index contributed by atoms with van der Waals surface area (Å²) in [5, 5.41) is 0.306. The summed E-state index contributed by atoms with van der Waals surface area (Å²) < 4.78 is 0. The fraction of sp³-hybridized carbons (Fsp3) is 0.667. The molecular formula is C6H11OS. The van der Waals surface area contributed by atoms with Crippen LogP contribution in [0, 0.1) is 6.92 Å². The van der Waals surface area contributed by atoms with Gasteiger partial charge in [0.25, 0.3) is 0 Å². The fourth-order valence-corrected chi connectivity index (χ4v) is 0.554. The SMILES string of the molecule is [CH2]CC(S)CCC=O. The lowest BCUT2D eigenvalue weighted by atomic mass is 10.2. The van der Waals surface area contributed by atoms with Gasteiger partial charge in [0.2, 0.25) is 0 Å². The molecule has 0 amide bonds. The van der Waals surface area contributed by atoms with Crippen LogP contribution < -0.4 is 0 Å². The first-order valence-electron chi connectivity index (χ1n) is 2.72. The van der Waals surface area contributed by atoms with Gasteiger partial charge in [0.05, 0.1) is 0 Å². The van der Waals surface area contributed by atoms with Crippen LogP contribution in [0.3, 0.4) is 0 Å². The van der Waals surface area contributed by atoms with Gasteiger partial charge in [-0.2, -0.15) is 12.6 Å². The summed E-state index contributed by atoms with van der Waals surface area (Å²) in [6.45, 7) is 3.65. The van der Waals surface area contributed by atoms with E-state index >= 15 is 0 Å². The van der Waals surface area contributed by atoms with Crippen LogP contribution in [0.15, 0.2) is 0 Å². The Bertz CT molecular complexity index is 63.5. The van der Waals surface area contributed by atoms with Gasteiger partial charge in [-0.05, 0) is 12.8 Å². The normalized spacial score (nSPS) is 13.2. The second-order valence-corrected chi connectivity index (χ2v) is 2.42. The van der Waals surface area contributed by atoms with E-state index in [-0.39, 0.29) is 0 Å². The first-order valence-corrected chi connectivity index (χ1v) is 3.24. The average Bonchev–Trinajstić information content (AvgIpc) is 1.83. The molecule has 0 aromatic heterocycles. The fourth-order valence-electron chi connectivity index (χ4n) is 0.405. The molecule has 8 heavy (non-hydrogen) atoms. The summed E-state index contributed by atoms with van der Waals surface area (Å²) in [6, 6.07) is 0. The van der Waals surface area contributed by atoms with Crippen molar-refractivity contribution in [2.45, 2.75) is 24.5 Å². The van der Waals surface area contributed by atoms with Crippen molar-refractivity contribution in [1.82, 2.24) is 0 Å². The van der Waals surface area contributed by atoms with Gasteiger partial charge < -0.3 is 4.79 Å². The number of carbonyl (C=O) groups is 1. The first-order chi connectivity index (χ1) is 3.81. The number of hydrogen-bond acceptors (Lipinski definition) is 2. The maximum Gasteiger partial charge on any atom is 0.120 e. The highest BCUT2D eigenvalue weighted by molar-refractivity contribution is 7.80. The Morgan fingerprint density at radius 2 is 2.38 bits per heavy atom. The van der Waals surface area contributed by atoms with Crippen LogP contribution in [0.2, 0.25) is 0 Å². The predicted octanol–water partition coefficient (Wildman–Crippen LogP) is 1.49. The van der Waals surface area contributed by atoms with Crippen LogP contribution in [0.1, 0.15) is 19.3 Å². The van der Waals surface area contributed by atoms with Gasteiger partial charge in [0.15, 0.2) is 0 Å². The van der Waals surface area contributed by atoms with E-state index < -0.39 is 0 Å². The van der Waals surface area contributed by atoms with Crippen LogP contribution in [-0.4, -0.2) is 11.5 Å². The molecule has 0 aromatic rings. The highest BCUT2D eigenvalue weighted by Gasteiger charge is 1.96. The van der Waals surface area contributed by atoms with Crippen molar-refractivity contribution in [3.63, 3.8) is 0 Å². The highest BCUT2D eigenvalue weighted by Crippen LogP contribution is 2.05. The van der Waals surface area contributed by atoms with Gasteiger partial charge in [-0.25, -0.2) is 0 Å². The second kappa shape index (κ2) is 5.16. The van der Waals surface area contributed by atoms with E-state index in [1.807, 2.05) is 0 Å². The van der Waals surface area contributed by atoms with E-state index in [9.17, 15) is 4.79 Å². The van der Waals surface area contributed by atoms with Crippen molar-refractivity contribution >= 4 is 18.9 Å². The number of hydrogen-bond donors (Lipinski definition) is 1. The lowest BCUT2D eigenvalue weighted by Crippen LogP contribution is -1.95. The molecule has 0 saturated carbocycles. The number of thiol groups is 1. The molecule has 0 spiro atoms. The molecule has 47 valence electrons. The topological polar surface area (TPSA) is 17.1 Å². The van der Waals surface area contributed by atoms with Crippen molar-refractivity contribution in [1.29, 1.82) is 0 Å². The molecule has 0 aliphatic carbocycles. The molecule has 0 saturated heterocycles. The van der Waals surface area contributed by atoms with Gasteiger partial charge in [-0.1, -0.05) is 6.92 Å². The van der Waals surface area contributed by atoms with Crippen LogP contribution in [0.4, 0.5) is 0 Å². The Morgan fingerprint density at radius 3 is 2.75 bits per heavy atom. The molecule has 0 aliphatic heterocycles. The summed E-state index contributed by atoms with van der Waals surface area (Å²) in [7, 11) is 0. The quantitative estimate of drug-likeness (QED) is 0.452. The Hall–Kier alpha value is 0.0200. The first kappa shape index (κ1) is 8.02. The zero-order valence-corrected chi connectivity index (χ0v) is 5.73. The number of rotatable bonds is 4. The third kappa shape index (κ3) is 4.19. The van der Waals surface area contributed by atoms with Crippen molar-refractivity contribution in [3.05, 3.63) is 6.92 Å². The van der Waals surface area contributed by atoms with Gasteiger partial charge in [0.1, 0.15) is 6.29 Å². The molecule has 1 radical (unpaired) electrons. The molecule has 0 aromatic carbocycles. The van der Waals surface area contributed by atoms with Crippen molar-refractivity contribution in [3.8, 4) is 0 Å². The molecule has 0 bridgehead atoms. The van der Waals surface area contributed by atoms with Crippen LogP contribution in [0.5, 0.6) is 0 Å². The third-order valence-corrected chi connectivity index (χ3v) is 1.47. The Kier molecular flexibility index (Phi) is 5.18. The van der Waals surface area contributed by atoms with Crippen LogP contribution >= 0.6 is 12.6 Å². The Labute approximate surface area is 55.9 Å². The summed E-state index contributed by atoms with van der Waals surface area (Å²) in [6.07, 6.45) is 3.19. The zero-order chi connectivity index (χ0) is 6.41. The van der Waals surface area contributed by atoms with Gasteiger partial charge in [-0.15, -0.1) is 0 Å². The Balaban J connectivity index is 2.97. The molecule has 0 fully saturated rings. The smallest absolute Gasteiger partial charge is 0.120 e. The van der Waals surface area contributed by atoms with Gasteiger partial charge in [0, 0.05) is 11.7 Å². The van der Waals surface area contributed by atoms with Crippen molar-refractivity contribution in [2.24, 2.45) is 0 Å². The third-order valence-electron chi connectivity index (χ3n) is 0.951. The van der Waals surface area contributed by atoms with E-state index in [0.717, 1.165) is 19.1 Å². The largest absolute Gasteiger partial charge is 0.303 e. The molecule has 1 nitrogen and oxygen atoms in total. The minimum absolute atomic E-state index is 0.306. The maximum absolute atomic E-state index is 9.77. The van der Waals surface area contributed by atoms with Crippen LogP contribution in [-0.2, 0) is 4.79 Å². The lowest BCUT2D eigenvalue weighted by molar-refractivity contribution is -0.107. The second-order valence-electron chi connectivity index (χ2n) is 1.69. The summed E-state index contributed by atoms with van der Waals surface area (Å²) in [5.74, 6) is 0. The average molecular weight is 131 g/mol. The predicted molar refractivity (Wildman–Crippen MR) is 38.0 cm³/mol. The monoisotopic (exact) mass is 131 g/mol. The van der Waals surface area contributed by atoms with E-state index in [1.54, 1.807) is 0 Å². The molecule has 0 heterocycles. The Morgan fingerprint density at radius 1 is 1.75 bits per heavy atom. The minimum atomic E-state index is 0.306. The number of aldehydes is 1. The molecule has 0 N–H and O–H groups in total. The standard InChI is InChI=1S/C6H11OS/c1-2-6(8)4-3-5-7/h5-6,8H,1-4H2. The summed E-state index contributed by atoms with van der Waals surface area (Å²) in [4.78, 5) is 9.77. The van der Waals surface area contributed by atoms with E-state index in [1.165, 1.54) is 0 Å². The highest BCUT2D eigenvalue weighted by atomic mass is 32.1. The molecule has 0 rings (SSSR count). The van der Waals surface area contributed by atoms with E-state index in [0.29, 0.717) is 11.7 Å². The maximum atomic E-state index is 9.77. The van der Waals surface area contributed by atoms with E-state index in [2.05, 4.69) is 19.6 Å². The minimum Gasteiger partial charge on any atom is -0.303 e. The summed E-state index contributed by atoms with van der Waals surface area (Å²) in [5.41, 5.74) is 0. The van der Waals surface area contributed by atoms with E-state index in [4.69, 9.17) is 0 Å². The van der Waals surface area contributed by atoms with Crippen molar-refractivity contribution in [2.75, 3.05) is 0 Å². The summed E-state index contributed by atoms with van der Waals surface area (Å²) >= 11 is 4.14. The molecule has 1 atom stereocenters. The van der Waals surface area contributed by atoms with Gasteiger partial charge >= 0.3 is 0 Å². The molecular weight excluding hydrogens is 120 g/mol. The number of carbonyl (C=O) groups excluding carboxylic acids is 1.